The quantitative estimate of drug-likeness (QED) is 0.751. The van der Waals surface area contributed by atoms with Crippen molar-refractivity contribution in [1.29, 1.82) is 0 Å². The molecule has 1 fully saturated rings. The molecule has 3 rings (SSSR count). The molecule has 2 N–H and O–H groups in total. The summed E-state index contributed by atoms with van der Waals surface area (Å²) in [5, 5.41) is 3.93. The van der Waals surface area contributed by atoms with E-state index in [-0.39, 0.29) is 30.7 Å². The van der Waals surface area contributed by atoms with Crippen molar-refractivity contribution >= 4 is 46.7 Å². The second kappa shape index (κ2) is 9.71. The maximum atomic E-state index is 12.9. The van der Waals surface area contributed by atoms with Gasteiger partial charge in [0, 0.05) is 43.3 Å². The molecule has 1 unspecified atom stereocenters. The number of piperazine rings is 1. The summed E-state index contributed by atoms with van der Waals surface area (Å²) in [4.78, 5) is 17.0. The molecule has 0 bridgehead atoms. The molecule has 1 atom stereocenters. The number of rotatable bonds is 4. The maximum Gasteiger partial charge on any atom is 0.247 e. The molecule has 9 heteroatoms. The van der Waals surface area contributed by atoms with Gasteiger partial charge in [0.2, 0.25) is 5.91 Å². The molecular formula is C17H23BrCl2N4O2. The van der Waals surface area contributed by atoms with Crippen LogP contribution in [0.4, 0.5) is 0 Å². The number of nitrogens with zero attached hydrogens (tertiary/aromatic N) is 3. The Morgan fingerprint density at radius 3 is 2.35 bits per heavy atom. The summed E-state index contributed by atoms with van der Waals surface area (Å²) in [5.74, 6) is -0.0362. The highest BCUT2D eigenvalue weighted by Crippen LogP contribution is 2.23. The van der Waals surface area contributed by atoms with Crippen LogP contribution in [0.5, 0.6) is 0 Å². The summed E-state index contributed by atoms with van der Waals surface area (Å²) in [7, 11) is 0. The summed E-state index contributed by atoms with van der Waals surface area (Å²) in [6.07, 6.45) is 1.58. The van der Waals surface area contributed by atoms with Crippen LogP contribution in [0.2, 0.25) is 0 Å². The minimum absolute atomic E-state index is 0. The molecule has 2 heterocycles. The number of hydrogen-bond acceptors (Lipinski definition) is 5. The van der Waals surface area contributed by atoms with E-state index >= 15 is 0 Å². The van der Waals surface area contributed by atoms with Crippen LogP contribution in [0.1, 0.15) is 18.2 Å². The Bertz CT molecular complexity index is 687. The van der Waals surface area contributed by atoms with Crippen LogP contribution in [0.15, 0.2) is 45.6 Å². The molecule has 1 aliphatic heterocycles. The molecule has 0 aliphatic carbocycles. The van der Waals surface area contributed by atoms with Crippen LogP contribution in [-0.2, 0) is 16.9 Å². The van der Waals surface area contributed by atoms with E-state index in [1.54, 1.807) is 13.2 Å². The van der Waals surface area contributed by atoms with Crippen molar-refractivity contribution in [2.45, 2.75) is 19.0 Å². The lowest BCUT2D eigenvalue weighted by molar-refractivity contribution is -0.138. The molecule has 144 valence electrons. The zero-order chi connectivity index (χ0) is 17.2. The van der Waals surface area contributed by atoms with E-state index in [1.165, 1.54) is 0 Å². The van der Waals surface area contributed by atoms with Crippen LogP contribution in [0.3, 0.4) is 0 Å². The molecule has 6 nitrogen and oxygen atoms in total. The minimum atomic E-state index is -1.02. The van der Waals surface area contributed by atoms with Crippen molar-refractivity contribution in [3.63, 3.8) is 0 Å². The van der Waals surface area contributed by atoms with Gasteiger partial charge in [-0.2, -0.15) is 0 Å². The molecule has 1 aromatic heterocycles. The number of benzene rings is 1. The molecule has 0 spiro atoms. The Labute approximate surface area is 174 Å². The van der Waals surface area contributed by atoms with Gasteiger partial charge in [0.25, 0.3) is 0 Å². The Morgan fingerprint density at radius 2 is 1.81 bits per heavy atom. The van der Waals surface area contributed by atoms with Crippen molar-refractivity contribution < 1.29 is 9.32 Å². The molecule has 0 saturated carbocycles. The Morgan fingerprint density at radius 1 is 1.19 bits per heavy atom. The molecule has 26 heavy (non-hydrogen) atoms. The molecule has 0 radical (unpaired) electrons. The van der Waals surface area contributed by atoms with Crippen molar-refractivity contribution in [2.24, 2.45) is 5.73 Å². The third-order valence-electron chi connectivity index (χ3n) is 4.42. The topological polar surface area (TPSA) is 75.6 Å². The predicted octanol–water partition coefficient (Wildman–Crippen LogP) is 2.80. The normalized spacial score (nSPS) is 17.0. The largest absolute Gasteiger partial charge is 0.364 e. The number of carbonyl (C=O) groups excluding carboxylic acids is 1. The lowest BCUT2D eigenvalue weighted by Crippen LogP contribution is -2.56. The number of carbonyl (C=O) groups is 1. The molecule has 1 aromatic carbocycles. The Balaban J connectivity index is 0.00000169. The third kappa shape index (κ3) is 5.20. The number of amides is 1. The number of halogens is 3. The molecular weight excluding hydrogens is 443 g/mol. The van der Waals surface area contributed by atoms with E-state index < -0.39 is 5.54 Å². The zero-order valence-electron chi connectivity index (χ0n) is 14.4. The Kier molecular flexibility index (Phi) is 8.56. The first-order chi connectivity index (χ1) is 11.5. The van der Waals surface area contributed by atoms with Crippen molar-refractivity contribution in [3.05, 3.63) is 52.3 Å². The van der Waals surface area contributed by atoms with Gasteiger partial charge < -0.3 is 15.2 Å². The fourth-order valence-corrected chi connectivity index (χ4v) is 3.17. The number of aromatic nitrogens is 1. The van der Waals surface area contributed by atoms with E-state index in [2.05, 4.69) is 26.0 Å². The standard InChI is InChI=1S/C17H21BrN4O2.2ClH/c1-17(19,13-2-4-14(18)5-3-13)16(23)22-9-7-21(8-10-22)12-15-6-11-24-20-15;;/h2-6,11H,7-10,12,19H2,1H3;2*1H. The second-order valence-electron chi connectivity index (χ2n) is 6.27. The van der Waals surface area contributed by atoms with Crippen LogP contribution < -0.4 is 5.73 Å². The first-order valence-electron chi connectivity index (χ1n) is 7.93. The van der Waals surface area contributed by atoms with Crippen molar-refractivity contribution in [1.82, 2.24) is 15.0 Å². The van der Waals surface area contributed by atoms with E-state index in [0.717, 1.165) is 35.4 Å². The average molecular weight is 466 g/mol. The summed E-state index contributed by atoms with van der Waals surface area (Å²) in [6.45, 7) is 5.45. The lowest BCUT2D eigenvalue weighted by atomic mass is 9.91. The van der Waals surface area contributed by atoms with Gasteiger partial charge in [0.05, 0.1) is 5.69 Å². The molecule has 2 aromatic rings. The highest BCUT2D eigenvalue weighted by Gasteiger charge is 2.35. The first-order valence-corrected chi connectivity index (χ1v) is 8.72. The first kappa shape index (κ1) is 22.9. The van der Waals surface area contributed by atoms with Crippen molar-refractivity contribution in [3.8, 4) is 0 Å². The van der Waals surface area contributed by atoms with Gasteiger partial charge in [0.1, 0.15) is 11.8 Å². The highest BCUT2D eigenvalue weighted by molar-refractivity contribution is 9.10. The summed E-state index contributed by atoms with van der Waals surface area (Å²) >= 11 is 3.40. The van der Waals surface area contributed by atoms with Crippen LogP contribution in [0, 0.1) is 0 Å². The Hall–Kier alpha value is -1.12. The van der Waals surface area contributed by atoms with Crippen LogP contribution >= 0.6 is 40.7 Å². The number of hydrogen-bond donors (Lipinski definition) is 1. The van der Waals surface area contributed by atoms with Crippen molar-refractivity contribution in [2.75, 3.05) is 26.2 Å². The van der Waals surface area contributed by atoms with Crippen LogP contribution in [0.25, 0.3) is 0 Å². The fourth-order valence-electron chi connectivity index (χ4n) is 2.91. The SMILES string of the molecule is CC(N)(C(=O)N1CCN(Cc2ccon2)CC1)c1ccc(Br)cc1.Cl.Cl. The van der Waals surface area contributed by atoms with Crippen LogP contribution in [-0.4, -0.2) is 47.0 Å². The van der Waals surface area contributed by atoms with Gasteiger partial charge in [-0.25, -0.2) is 0 Å². The molecule has 1 aliphatic rings. The summed E-state index contributed by atoms with van der Waals surface area (Å²) in [6, 6.07) is 9.46. The maximum absolute atomic E-state index is 12.9. The van der Waals surface area contributed by atoms with E-state index in [0.29, 0.717) is 13.1 Å². The van der Waals surface area contributed by atoms with Gasteiger partial charge in [0.15, 0.2) is 0 Å². The van der Waals surface area contributed by atoms with E-state index in [4.69, 9.17) is 10.3 Å². The smallest absolute Gasteiger partial charge is 0.247 e. The monoisotopic (exact) mass is 464 g/mol. The minimum Gasteiger partial charge on any atom is -0.364 e. The van der Waals surface area contributed by atoms with Gasteiger partial charge in [-0.1, -0.05) is 33.2 Å². The third-order valence-corrected chi connectivity index (χ3v) is 4.95. The number of nitrogens with two attached hydrogens (primary N) is 1. The average Bonchev–Trinajstić information content (AvgIpc) is 3.08. The fraction of sp³-hybridized carbons (Fsp3) is 0.412. The second-order valence-corrected chi connectivity index (χ2v) is 7.18. The van der Waals surface area contributed by atoms with Gasteiger partial charge in [-0.05, 0) is 24.6 Å². The predicted molar refractivity (Wildman–Crippen MR) is 109 cm³/mol. The van der Waals surface area contributed by atoms with Gasteiger partial charge >= 0.3 is 0 Å². The zero-order valence-corrected chi connectivity index (χ0v) is 17.6. The summed E-state index contributed by atoms with van der Waals surface area (Å²) in [5.41, 5.74) is 7.08. The molecule has 1 amide bonds. The highest BCUT2D eigenvalue weighted by atomic mass is 79.9. The van der Waals surface area contributed by atoms with Gasteiger partial charge in [-0.3, -0.25) is 9.69 Å². The lowest BCUT2D eigenvalue weighted by Gasteiger charge is -2.38. The van der Waals surface area contributed by atoms with E-state index in [9.17, 15) is 4.79 Å². The van der Waals surface area contributed by atoms with Gasteiger partial charge in [-0.15, -0.1) is 24.8 Å². The van der Waals surface area contributed by atoms with E-state index in [1.807, 2.05) is 35.2 Å². The molecule has 1 saturated heterocycles. The summed E-state index contributed by atoms with van der Waals surface area (Å²) < 4.78 is 5.82.